The maximum absolute atomic E-state index is 13.7. The third-order valence-corrected chi connectivity index (χ3v) is 5.76. The number of nitrogens with zero attached hydrogens (tertiary/aromatic N) is 2. The molecule has 4 heteroatoms. The molecule has 1 amide bonds. The SMILES string of the molecule is O=C(CCc1ccccc1F)N1CCC(N2CCc3ccccc3C2)C1. The van der Waals surface area contributed by atoms with Gasteiger partial charge in [-0.25, -0.2) is 4.39 Å². The molecule has 1 saturated heterocycles. The van der Waals surface area contributed by atoms with Crippen LogP contribution in [-0.2, 0) is 24.2 Å². The molecule has 0 aliphatic carbocycles. The molecule has 1 fully saturated rings. The summed E-state index contributed by atoms with van der Waals surface area (Å²) < 4.78 is 13.7. The van der Waals surface area contributed by atoms with Crippen molar-refractivity contribution < 1.29 is 9.18 Å². The molecule has 2 heterocycles. The Bertz CT molecular complexity index is 791. The van der Waals surface area contributed by atoms with Gasteiger partial charge in [-0.3, -0.25) is 9.69 Å². The van der Waals surface area contributed by atoms with Crippen LogP contribution in [0, 0.1) is 5.82 Å². The van der Waals surface area contributed by atoms with Crippen molar-refractivity contribution in [3.05, 3.63) is 71.0 Å². The van der Waals surface area contributed by atoms with Gasteiger partial charge in [-0.05, 0) is 42.0 Å². The average molecular weight is 352 g/mol. The maximum atomic E-state index is 13.7. The van der Waals surface area contributed by atoms with E-state index in [1.807, 2.05) is 11.0 Å². The molecule has 1 atom stereocenters. The molecule has 0 N–H and O–H groups in total. The highest BCUT2D eigenvalue weighted by atomic mass is 19.1. The Morgan fingerprint density at radius 1 is 1.04 bits per heavy atom. The van der Waals surface area contributed by atoms with Crippen LogP contribution < -0.4 is 0 Å². The van der Waals surface area contributed by atoms with Crippen LogP contribution in [0.2, 0.25) is 0 Å². The van der Waals surface area contributed by atoms with Crippen LogP contribution >= 0.6 is 0 Å². The van der Waals surface area contributed by atoms with Gasteiger partial charge in [0.15, 0.2) is 0 Å². The number of likely N-dealkylation sites (tertiary alicyclic amines) is 1. The van der Waals surface area contributed by atoms with Crippen LogP contribution in [0.3, 0.4) is 0 Å². The fourth-order valence-corrected chi connectivity index (χ4v) is 4.20. The number of rotatable bonds is 4. The van der Waals surface area contributed by atoms with Crippen LogP contribution in [0.25, 0.3) is 0 Å². The van der Waals surface area contributed by atoms with Gasteiger partial charge in [-0.15, -0.1) is 0 Å². The van der Waals surface area contributed by atoms with Crippen molar-refractivity contribution in [2.24, 2.45) is 0 Å². The van der Waals surface area contributed by atoms with Gasteiger partial charge < -0.3 is 4.90 Å². The van der Waals surface area contributed by atoms with Crippen LogP contribution in [0.4, 0.5) is 4.39 Å². The van der Waals surface area contributed by atoms with Gasteiger partial charge in [-0.1, -0.05) is 42.5 Å². The summed E-state index contributed by atoms with van der Waals surface area (Å²) in [7, 11) is 0. The first kappa shape index (κ1) is 17.2. The third kappa shape index (κ3) is 3.65. The summed E-state index contributed by atoms with van der Waals surface area (Å²) in [4.78, 5) is 17.0. The summed E-state index contributed by atoms with van der Waals surface area (Å²) in [5.41, 5.74) is 3.51. The van der Waals surface area contributed by atoms with Crippen molar-refractivity contribution in [3.8, 4) is 0 Å². The van der Waals surface area contributed by atoms with Crippen LogP contribution in [0.1, 0.15) is 29.5 Å². The first-order chi connectivity index (χ1) is 12.7. The van der Waals surface area contributed by atoms with Gasteiger partial charge in [0.2, 0.25) is 5.91 Å². The topological polar surface area (TPSA) is 23.6 Å². The molecule has 2 aliphatic rings. The second-order valence-electron chi connectivity index (χ2n) is 7.36. The molecule has 0 saturated carbocycles. The first-order valence-electron chi connectivity index (χ1n) is 9.53. The van der Waals surface area contributed by atoms with Crippen molar-refractivity contribution in [2.75, 3.05) is 19.6 Å². The molecule has 2 aliphatic heterocycles. The Hall–Kier alpha value is -2.20. The summed E-state index contributed by atoms with van der Waals surface area (Å²) >= 11 is 0. The standard InChI is InChI=1S/C22H25FN2O/c23-21-8-4-3-6-18(21)9-10-22(26)25-14-12-20(16-25)24-13-11-17-5-1-2-7-19(17)15-24/h1-8,20H,9-16H2. The largest absolute Gasteiger partial charge is 0.341 e. The molecule has 26 heavy (non-hydrogen) atoms. The number of hydrogen-bond donors (Lipinski definition) is 0. The van der Waals surface area contributed by atoms with Gasteiger partial charge >= 0.3 is 0 Å². The Morgan fingerprint density at radius 3 is 2.65 bits per heavy atom. The minimum atomic E-state index is -0.216. The van der Waals surface area contributed by atoms with Crippen LogP contribution in [0.5, 0.6) is 0 Å². The highest BCUT2D eigenvalue weighted by Gasteiger charge is 2.31. The van der Waals surface area contributed by atoms with E-state index in [1.54, 1.807) is 12.1 Å². The normalized spacial score (nSPS) is 20.2. The Balaban J connectivity index is 1.31. The van der Waals surface area contributed by atoms with E-state index in [0.717, 1.165) is 39.0 Å². The molecule has 1 unspecified atom stereocenters. The van der Waals surface area contributed by atoms with Crippen molar-refractivity contribution in [1.82, 2.24) is 9.80 Å². The van der Waals surface area contributed by atoms with Crippen LogP contribution in [0.15, 0.2) is 48.5 Å². The molecular formula is C22H25FN2O. The molecule has 0 radical (unpaired) electrons. The van der Waals surface area contributed by atoms with E-state index in [0.29, 0.717) is 24.4 Å². The fourth-order valence-electron chi connectivity index (χ4n) is 4.20. The zero-order chi connectivity index (χ0) is 17.9. The summed E-state index contributed by atoms with van der Waals surface area (Å²) in [6.07, 6.45) is 2.99. The number of aryl methyl sites for hydroxylation is 1. The molecule has 0 spiro atoms. The highest BCUT2D eigenvalue weighted by Crippen LogP contribution is 2.25. The number of benzene rings is 2. The van der Waals surface area contributed by atoms with Crippen molar-refractivity contribution >= 4 is 5.91 Å². The molecule has 136 valence electrons. The number of carbonyl (C=O) groups excluding carboxylic acids is 1. The Morgan fingerprint density at radius 2 is 1.81 bits per heavy atom. The minimum absolute atomic E-state index is 0.146. The van der Waals surface area contributed by atoms with Crippen molar-refractivity contribution in [3.63, 3.8) is 0 Å². The van der Waals surface area contributed by atoms with Gasteiger partial charge in [0.25, 0.3) is 0 Å². The second kappa shape index (κ2) is 7.58. The maximum Gasteiger partial charge on any atom is 0.222 e. The smallest absolute Gasteiger partial charge is 0.222 e. The van der Waals surface area contributed by atoms with E-state index in [2.05, 4.69) is 29.2 Å². The predicted molar refractivity (Wildman–Crippen MR) is 100 cm³/mol. The summed E-state index contributed by atoms with van der Waals surface area (Å²) in [6, 6.07) is 15.8. The van der Waals surface area contributed by atoms with E-state index < -0.39 is 0 Å². The van der Waals surface area contributed by atoms with Crippen molar-refractivity contribution in [1.29, 1.82) is 0 Å². The zero-order valence-electron chi connectivity index (χ0n) is 15.0. The first-order valence-corrected chi connectivity index (χ1v) is 9.53. The van der Waals surface area contributed by atoms with Crippen molar-refractivity contribution in [2.45, 2.75) is 38.3 Å². The highest BCUT2D eigenvalue weighted by molar-refractivity contribution is 5.76. The van der Waals surface area contributed by atoms with Gasteiger partial charge in [-0.2, -0.15) is 0 Å². The Kier molecular flexibility index (Phi) is 5.02. The number of halogens is 1. The molecule has 3 nitrogen and oxygen atoms in total. The molecular weight excluding hydrogens is 327 g/mol. The van der Waals surface area contributed by atoms with Gasteiger partial charge in [0.1, 0.15) is 5.82 Å². The number of hydrogen-bond acceptors (Lipinski definition) is 2. The lowest BCUT2D eigenvalue weighted by molar-refractivity contribution is -0.130. The van der Waals surface area contributed by atoms with Gasteiger partial charge in [0.05, 0.1) is 0 Å². The van der Waals surface area contributed by atoms with E-state index in [1.165, 1.54) is 17.2 Å². The van der Waals surface area contributed by atoms with E-state index in [-0.39, 0.29) is 11.7 Å². The fraction of sp³-hybridized carbons (Fsp3) is 0.409. The summed E-state index contributed by atoms with van der Waals surface area (Å²) in [6.45, 7) is 3.67. The van der Waals surface area contributed by atoms with E-state index in [9.17, 15) is 9.18 Å². The summed E-state index contributed by atoms with van der Waals surface area (Å²) in [5.74, 6) is -0.0697. The zero-order valence-corrected chi connectivity index (χ0v) is 15.0. The van der Waals surface area contributed by atoms with E-state index in [4.69, 9.17) is 0 Å². The average Bonchev–Trinajstić information content (AvgIpc) is 3.17. The molecule has 2 aromatic carbocycles. The lowest BCUT2D eigenvalue weighted by Crippen LogP contribution is -2.41. The third-order valence-electron chi connectivity index (χ3n) is 5.76. The number of fused-ring (bicyclic) bond motifs is 1. The Labute approximate surface area is 154 Å². The second-order valence-corrected chi connectivity index (χ2v) is 7.36. The number of carbonyl (C=O) groups is 1. The predicted octanol–water partition coefficient (Wildman–Crippen LogP) is 3.42. The van der Waals surface area contributed by atoms with Gasteiger partial charge in [0, 0.05) is 38.6 Å². The monoisotopic (exact) mass is 352 g/mol. The van der Waals surface area contributed by atoms with Crippen LogP contribution in [-0.4, -0.2) is 41.4 Å². The summed E-state index contributed by atoms with van der Waals surface area (Å²) in [5, 5.41) is 0. The molecule has 2 aromatic rings. The molecule has 0 bridgehead atoms. The van der Waals surface area contributed by atoms with E-state index >= 15 is 0 Å². The molecule has 4 rings (SSSR count). The quantitative estimate of drug-likeness (QED) is 0.842. The lowest BCUT2D eigenvalue weighted by Gasteiger charge is -2.33. The number of amides is 1. The lowest BCUT2D eigenvalue weighted by atomic mass is 9.98. The molecule has 0 aromatic heterocycles. The minimum Gasteiger partial charge on any atom is -0.341 e.